The quantitative estimate of drug-likeness (QED) is 0.797. The van der Waals surface area contributed by atoms with Crippen molar-refractivity contribution in [2.24, 2.45) is 0 Å². The zero-order valence-corrected chi connectivity index (χ0v) is 12.4. The SMILES string of the molecule is CCNC(CCOc1ccccc1)Cc1ccc(F)cc1. The molecule has 0 amide bonds. The van der Waals surface area contributed by atoms with Gasteiger partial charge in [-0.2, -0.15) is 0 Å². The Balaban J connectivity index is 1.82. The van der Waals surface area contributed by atoms with Gasteiger partial charge in [0.15, 0.2) is 0 Å². The first-order valence-electron chi connectivity index (χ1n) is 7.43. The van der Waals surface area contributed by atoms with Crippen LogP contribution >= 0.6 is 0 Å². The van der Waals surface area contributed by atoms with E-state index in [0.29, 0.717) is 12.6 Å². The number of nitrogens with one attached hydrogen (secondary N) is 1. The Kier molecular flexibility index (Phi) is 6.22. The molecule has 112 valence electrons. The molecule has 2 aromatic carbocycles. The van der Waals surface area contributed by atoms with Crippen LogP contribution in [0.2, 0.25) is 0 Å². The fourth-order valence-corrected chi connectivity index (χ4v) is 2.31. The number of hydrogen-bond acceptors (Lipinski definition) is 2. The summed E-state index contributed by atoms with van der Waals surface area (Å²) in [6.45, 7) is 3.68. The Labute approximate surface area is 126 Å². The summed E-state index contributed by atoms with van der Waals surface area (Å²) < 4.78 is 18.7. The first kappa shape index (κ1) is 15.5. The lowest BCUT2D eigenvalue weighted by Crippen LogP contribution is -2.32. The fourth-order valence-electron chi connectivity index (χ4n) is 2.31. The number of ether oxygens (including phenoxy) is 1. The van der Waals surface area contributed by atoms with Gasteiger partial charge in [0, 0.05) is 6.04 Å². The number of para-hydroxylation sites is 1. The summed E-state index contributed by atoms with van der Waals surface area (Å²) in [7, 11) is 0. The van der Waals surface area contributed by atoms with Gasteiger partial charge in [-0.3, -0.25) is 0 Å². The fraction of sp³-hybridized carbons (Fsp3) is 0.333. The zero-order valence-electron chi connectivity index (χ0n) is 12.4. The van der Waals surface area contributed by atoms with Crippen LogP contribution in [0, 0.1) is 5.82 Å². The van der Waals surface area contributed by atoms with Gasteiger partial charge in [0.1, 0.15) is 11.6 Å². The van der Waals surface area contributed by atoms with Crippen LogP contribution in [-0.4, -0.2) is 19.2 Å². The molecule has 0 aliphatic rings. The molecule has 3 heteroatoms. The molecule has 0 spiro atoms. The van der Waals surface area contributed by atoms with Gasteiger partial charge in [-0.1, -0.05) is 37.3 Å². The van der Waals surface area contributed by atoms with Gasteiger partial charge >= 0.3 is 0 Å². The van der Waals surface area contributed by atoms with Crippen molar-refractivity contribution in [1.29, 1.82) is 0 Å². The van der Waals surface area contributed by atoms with E-state index < -0.39 is 0 Å². The van der Waals surface area contributed by atoms with Crippen LogP contribution in [0.1, 0.15) is 18.9 Å². The normalized spacial score (nSPS) is 12.1. The van der Waals surface area contributed by atoms with Crippen LogP contribution < -0.4 is 10.1 Å². The molecule has 0 radical (unpaired) electrons. The topological polar surface area (TPSA) is 21.3 Å². The van der Waals surface area contributed by atoms with Crippen molar-refractivity contribution in [3.8, 4) is 5.75 Å². The predicted octanol–water partition coefficient (Wildman–Crippen LogP) is 3.82. The van der Waals surface area contributed by atoms with Gasteiger partial charge in [0.25, 0.3) is 0 Å². The molecule has 21 heavy (non-hydrogen) atoms. The van der Waals surface area contributed by atoms with E-state index in [1.165, 1.54) is 12.1 Å². The molecule has 0 aliphatic heterocycles. The standard InChI is InChI=1S/C18H22FNO/c1-2-20-17(14-15-8-10-16(19)11-9-15)12-13-21-18-6-4-3-5-7-18/h3-11,17,20H,2,12-14H2,1H3. The highest BCUT2D eigenvalue weighted by Crippen LogP contribution is 2.11. The lowest BCUT2D eigenvalue weighted by molar-refractivity contribution is 0.285. The summed E-state index contributed by atoms with van der Waals surface area (Å²) >= 11 is 0. The molecule has 0 fully saturated rings. The summed E-state index contributed by atoms with van der Waals surface area (Å²) in [5, 5.41) is 3.46. The van der Waals surface area contributed by atoms with E-state index in [-0.39, 0.29) is 5.82 Å². The summed E-state index contributed by atoms with van der Waals surface area (Å²) in [5.41, 5.74) is 1.14. The van der Waals surface area contributed by atoms with Crippen molar-refractivity contribution in [1.82, 2.24) is 5.32 Å². The molecule has 0 bridgehead atoms. The maximum atomic E-state index is 12.9. The van der Waals surface area contributed by atoms with Crippen LogP contribution in [0.4, 0.5) is 4.39 Å². The van der Waals surface area contributed by atoms with E-state index in [1.807, 2.05) is 42.5 Å². The maximum absolute atomic E-state index is 12.9. The number of halogens is 1. The molecule has 0 heterocycles. The second kappa shape index (κ2) is 8.42. The molecule has 0 saturated heterocycles. The van der Waals surface area contributed by atoms with E-state index in [0.717, 1.165) is 30.7 Å². The summed E-state index contributed by atoms with van der Waals surface area (Å²) in [4.78, 5) is 0. The minimum atomic E-state index is -0.189. The highest BCUT2D eigenvalue weighted by Gasteiger charge is 2.09. The van der Waals surface area contributed by atoms with Crippen molar-refractivity contribution in [2.45, 2.75) is 25.8 Å². The Hall–Kier alpha value is -1.87. The first-order chi connectivity index (χ1) is 10.3. The Bertz CT molecular complexity index is 513. The highest BCUT2D eigenvalue weighted by atomic mass is 19.1. The predicted molar refractivity (Wildman–Crippen MR) is 84.1 cm³/mol. The monoisotopic (exact) mass is 287 g/mol. The minimum Gasteiger partial charge on any atom is -0.494 e. The van der Waals surface area contributed by atoms with Crippen molar-refractivity contribution in [3.63, 3.8) is 0 Å². The van der Waals surface area contributed by atoms with Crippen molar-refractivity contribution in [2.75, 3.05) is 13.2 Å². The molecule has 1 atom stereocenters. The van der Waals surface area contributed by atoms with E-state index >= 15 is 0 Å². The average molecular weight is 287 g/mol. The van der Waals surface area contributed by atoms with Gasteiger partial charge in [0.2, 0.25) is 0 Å². The second-order valence-corrected chi connectivity index (χ2v) is 5.04. The van der Waals surface area contributed by atoms with Gasteiger partial charge < -0.3 is 10.1 Å². The molecule has 2 rings (SSSR count). The Morgan fingerprint density at radius 1 is 1.05 bits per heavy atom. The van der Waals surface area contributed by atoms with Crippen LogP contribution in [0.15, 0.2) is 54.6 Å². The average Bonchev–Trinajstić information content (AvgIpc) is 2.51. The molecule has 0 aliphatic carbocycles. The van der Waals surface area contributed by atoms with Gasteiger partial charge in [0.05, 0.1) is 6.61 Å². The number of hydrogen-bond donors (Lipinski definition) is 1. The highest BCUT2D eigenvalue weighted by molar-refractivity contribution is 5.21. The lowest BCUT2D eigenvalue weighted by atomic mass is 10.0. The summed E-state index contributed by atoms with van der Waals surface area (Å²) in [6.07, 6.45) is 1.80. The molecule has 2 aromatic rings. The lowest BCUT2D eigenvalue weighted by Gasteiger charge is -2.18. The minimum absolute atomic E-state index is 0.189. The molecule has 1 N–H and O–H groups in total. The van der Waals surface area contributed by atoms with Crippen LogP contribution in [-0.2, 0) is 6.42 Å². The van der Waals surface area contributed by atoms with E-state index in [2.05, 4.69) is 12.2 Å². The van der Waals surface area contributed by atoms with Crippen LogP contribution in [0.5, 0.6) is 5.75 Å². The van der Waals surface area contributed by atoms with Crippen LogP contribution in [0.25, 0.3) is 0 Å². The molecular weight excluding hydrogens is 265 g/mol. The molecule has 0 saturated carbocycles. The van der Waals surface area contributed by atoms with Crippen molar-refractivity contribution < 1.29 is 9.13 Å². The zero-order chi connectivity index (χ0) is 14.9. The Morgan fingerprint density at radius 2 is 1.76 bits per heavy atom. The number of benzene rings is 2. The van der Waals surface area contributed by atoms with Crippen LogP contribution in [0.3, 0.4) is 0 Å². The first-order valence-corrected chi connectivity index (χ1v) is 7.43. The smallest absolute Gasteiger partial charge is 0.123 e. The molecule has 0 aromatic heterocycles. The number of likely N-dealkylation sites (N-methyl/N-ethyl adjacent to an activating group) is 1. The third-order valence-electron chi connectivity index (χ3n) is 3.37. The van der Waals surface area contributed by atoms with E-state index in [1.54, 1.807) is 0 Å². The van der Waals surface area contributed by atoms with Gasteiger partial charge in [-0.15, -0.1) is 0 Å². The summed E-state index contributed by atoms with van der Waals surface area (Å²) in [5.74, 6) is 0.709. The van der Waals surface area contributed by atoms with Crippen molar-refractivity contribution in [3.05, 3.63) is 66.0 Å². The Morgan fingerprint density at radius 3 is 2.43 bits per heavy atom. The number of rotatable bonds is 8. The summed E-state index contributed by atoms with van der Waals surface area (Å²) in [6, 6.07) is 16.9. The largest absolute Gasteiger partial charge is 0.494 e. The third-order valence-corrected chi connectivity index (χ3v) is 3.37. The van der Waals surface area contributed by atoms with Gasteiger partial charge in [-0.25, -0.2) is 4.39 Å². The van der Waals surface area contributed by atoms with E-state index in [9.17, 15) is 4.39 Å². The van der Waals surface area contributed by atoms with E-state index in [4.69, 9.17) is 4.74 Å². The third kappa shape index (κ3) is 5.56. The maximum Gasteiger partial charge on any atom is 0.123 e. The molecular formula is C18H22FNO. The second-order valence-electron chi connectivity index (χ2n) is 5.04. The van der Waals surface area contributed by atoms with Crippen molar-refractivity contribution >= 4 is 0 Å². The molecule has 2 nitrogen and oxygen atoms in total. The van der Waals surface area contributed by atoms with Gasteiger partial charge in [-0.05, 0) is 49.2 Å². The molecule has 1 unspecified atom stereocenters.